The van der Waals surface area contributed by atoms with Gasteiger partial charge in [-0.05, 0) is 48.7 Å². The molecule has 0 radical (unpaired) electrons. The van der Waals surface area contributed by atoms with Crippen LogP contribution in [0.1, 0.15) is 40.3 Å². The van der Waals surface area contributed by atoms with E-state index >= 15 is 0 Å². The Morgan fingerprint density at radius 1 is 1.00 bits per heavy atom. The van der Waals surface area contributed by atoms with E-state index in [4.69, 9.17) is 9.15 Å². The predicted octanol–water partition coefficient (Wildman–Crippen LogP) is 5.93. The first-order valence-corrected chi connectivity index (χ1v) is 11.4. The zero-order valence-corrected chi connectivity index (χ0v) is 19.6. The third kappa shape index (κ3) is 4.61. The Hall–Kier alpha value is -5.06. The van der Waals surface area contributed by atoms with Crippen LogP contribution in [-0.2, 0) is 6.42 Å². The summed E-state index contributed by atoms with van der Waals surface area (Å²) in [5.41, 5.74) is 3.55. The van der Waals surface area contributed by atoms with Crippen LogP contribution in [0.3, 0.4) is 0 Å². The summed E-state index contributed by atoms with van der Waals surface area (Å²) in [6, 6.07) is 16.3. The molecule has 1 aliphatic carbocycles. The van der Waals surface area contributed by atoms with Crippen LogP contribution in [0.5, 0.6) is 5.75 Å². The molecule has 37 heavy (non-hydrogen) atoms. The van der Waals surface area contributed by atoms with E-state index in [0.29, 0.717) is 47.6 Å². The SMILES string of the molecule is Cc1c(C(=O)Oc2ccc3ccccc3c2)oc2c1/C(=N/Nc1ccc([N+](=O)[O-])cc1[N+](=O)[O-])CCC2. The van der Waals surface area contributed by atoms with Gasteiger partial charge in [-0.2, -0.15) is 5.10 Å². The lowest BCUT2D eigenvalue weighted by Crippen LogP contribution is -2.14. The van der Waals surface area contributed by atoms with Gasteiger partial charge in [-0.3, -0.25) is 25.7 Å². The normalized spacial score (nSPS) is 13.8. The quantitative estimate of drug-likeness (QED) is 0.148. The van der Waals surface area contributed by atoms with Gasteiger partial charge in [0.05, 0.1) is 21.6 Å². The first-order chi connectivity index (χ1) is 17.8. The van der Waals surface area contributed by atoms with E-state index in [1.807, 2.05) is 30.3 Å². The number of hydrogen-bond acceptors (Lipinski definition) is 9. The molecule has 0 saturated carbocycles. The molecule has 0 bridgehead atoms. The number of esters is 1. The fourth-order valence-corrected chi connectivity index (χ4v) is 4.37. The van der Waals surface area contributed by atoms with Crippen LogP contribution in [0.2, 0.25) is 0 Å². The smallest absolute Gasteiger partial charge is 0.379 e. The number of nitrogens with one attached hydrogen (secondary N) is 1. The molecule has 4 aromatic rings. The van der Waals surface area contributed by atoms with Crippen LogP contribution in [0.4, 0.5) is 17.1 Å². The van der Waals surface area contributed by atoms with Crippen molar-refractivity contribution in [1.29, 1.82) is 0 Å². The number of hydrogen-bond donors (Lipinski definition) is 1. The zero-order valence-electron chi connectivity index (χ0n) is 19.6. The molecule has 1 N–H and O–H groups in total. The van der Waals surface area contributed by atoms with Crippen molar-refractivity contribution in [2.24, 2.45) is 5.10 Å². The number of rotatable bonds is 6. The van der Waals surface area contributed by atoms with Crippen molar-refractivity contribution < 1.29 is 23.8 Å². The summed E-state index contributed by atoms with van der Waals surface area (Å²) in [4.78, 5) is 34.0. The number of anilines is 1. The van der Waals surface area contributed by atoms with Crippen molar-refractivity contribution in [3.8, 4) is 5.75 Å². The molecule has 0 spiro atoms. The van der Waals surface area contributed by atoms with Gasteiger partial charge in [0, 0.05) is 23.6 Å². The van der Waals surface area contributed by atoms with Crippen molar-refractivity contribution in [2.45, 2.75) is 26.2 Å². The van der Waals surface area contributed by atoms with Crippen LogP contribution in [0.25, 0.3) is 10.8 Å². The zero-order chi connectivity index (χ0) is 26.1. The molecule has 11 nitrogen and oxygen atoms in total. The summed E-state index contributed by atoms with van der Waals surface area (Å²) in [5.74, 6) is 0.390. The van der Waals surface area contributed by atoms with Gasteiger partial charge in [0.25, 0.3) is 5.69 Å². The van der Waals surface area contributed by atoms with Crippen molar-refractivity contribution in [3.63, 3.8) is 0 Å². The summed E-state index contributed by atoms with van der Waals surface area (Å²) in [5, 5.41) is 28.7. The van der Waals surface area contributed by atoms with Gasteiger partial charge in [-0.25, -0.2) is 4.79 Å². The Morgan fingerprint density at radius 3 is 2.54 bits per heavy atom. The maximum Gasteiger partial charge on any atom is 0.379 e. The maximum absolute atomic E-state index is 13.0. The second-order valence-electron chi connectivity index (χ2n) is 8.49. The number of benzene rings is 3. The lowest BCUT2D eigenvalue weighted by molar-refractivity contribution is -0.393. The second kappa shape index (κ2) is 9.53. The first-order valence-electron chi connectivity index (χ1n) is 11.4. The lowest BCUT2D eigenvalue weighted by atomic mass is 9.93. The molecule has 0 amide bonds. The highest BCUT2D eigenvalue weighted by Gasteiger charge is 2.29. The Bertz CT molecular complexity index is 1610. The molecule has 0 saturated heterocycles. The third-order valence-electron chi connectivity index (χ3n) is 6.14. The minimum absolute atomic E-state index is 0.00677. The average molecular weight is 500 g/mol. The van der Waals surface area contributed by atoms with Gasteiger partial charge in [-0.15, -0.1) is 0 Å². The fourth-order valence-electron chi connectivity index (χ4n) is 4.37. The largest absolute Gasteiger partial charge is 0.453 e. The summed E-state index contributed by atoms with van der Waals surface area (Å²) < 4.78 is 11.5. The van der Waals surface area contributed by atoms with Gasteiger partial charge in [0.1, 0.15) is 17.2 Å². The second-order valence-corrected chi connectivity index (χ2v) is 8.49. The molecule has 11 heteroatoms. The van der Waals surface area contributed by atoms with Crippen molar-refractivity contribution >= 4 is 39.5 Å². The number of nitro groups is 2. The molecule has 5 rings (SSSR count). The van der Waals surface area contributed by atoms with Crippen molar-refractivity contribution in [1.82, 2.24) is 0 Å². The molecule has 0 fully saturated rings. The molecule has 1 aromatic heterocycles. The summed E-state index contributed by atoms with van der Waals surface area (Å²) >= 11 is 0. The van der Waals surface area contributed by atoms with E-state index in [2.05, 4.69) is 10.5 Å². The molecule has 1 heterocycles. The van der Waals surface area contributed by atoms with Gasteiger partial charge >= 0.3 is 11.7 Å². The van der Waals surface area contributed by atoms with Crippen molar-refractivity contribution in [3.05, 3.63) is 104 Å². The number of nitrogens with zero attached hydrogens (tertiary/aromatic N) is 3. The molecule has 0 atom stereocenters. The lowest BCUT2D eigenvalue weighted by Gasteiger charge is -2.13. The van der Waals surface area contributed by atoms with Crippen molar-refractivity contribution in [2.75, 3.05) is 5.43 Å². The van der Waals surface area contributed by atoms with E-state index in [1.54, 1.807) is 19.1 Å². The van der Waals surface area contributed by atoms with Crippen LogP contribution in [-0.4, -0.2) is 21.5 Å². The highest BCUT2D eigenvalue weighted by molar-refractivity contribution is 6.06. The standard InChI is InChI=1S/C26H20N4O7/c1-15-24-21(28-27-20-12-10-18(29(32)33)14-22(20)30(34)35)7-4-8-23(24)37-25(15)26(31)36-19-11-9-16-5-2-3-6-17(16)13-19/h2-3,5-6,9-14,27H,4,7-8H2,1H3/b28-21+. The van der Waals surface area contributed by atoms with E-state index < -0.39 is 27.2 Å². The van der Waals surface area contributed by atoms with Crippen LogP contribution in [0.15, 0.2) is 70.2 Å². The minimum Gasteiger partial charge on any atom is -0.453 e. The summed E-state index contributed by atoms with van der Waals surface area (Å²) in [6.07, 6.45) is 1.83. The number of nitro benzene ring substituents is 2. The number of ether oxygens (including phenoxy) is 1. The number of aryl methyl sites for hydroxylation is 1. The number of carbonyl (C=O) groups excluding carboxylic acids is 1. The van der Waals surface area contributed by atoms with Gasteiger partial charge in [-0.1, -0.05) is 30.3 Å². The Morgan fingerprint density at radius 2 is 1.78 bits per heavy atom. The average Bonchev–Trinajstić information content (AvgIpc) is 3.24. The molecular formula is C26H20N4O7. The molecule has 3 aromatic carbocycles. The van der Waals surface area contributed by atoms with Crippen LogP contribution < -0.4 is 10.2 Å². The monoisotopic (exact) mass is 500 g/mol. The van der Waals surface area contributed by atoms with E-state index in [1.165, 1.54) is 6.07 Å². The Labute approximate surface area is 209 Å². The third-order valence-corrected chi connectivity index (χ3v) is 6.14. The van der Waals surface area contributed by atoms with Crippen LogP contribution >= 0.6 is 0 Å². The summed E-state index contributed by atoms with van der Waals surface area (Å²) in [7, 11) is 0. The predicted molar refractivity (Wildman–Crippen MR) is 135 cm³/mol. The Balaban J connectivity index is 1.42. The number of carbonyl (C=O) groups is 1. The molecule has 0 unspecified atom stereocenters. The molecular weight excluding hydrogens is 480 g/mol. The van der Waals surface area contributed by atoms with Crippen LogP contribution in [0, 0.1) is 27.2 Å². The molecule has 1 aliphatic rings. The summed E-state index contributed by atoms with van der Waals surface area (Å²) in [6.45, 7) is 1.73. The Kier molecular flexibility index (Phi) is 6.10. The highest BCUT2D eigenvalue weighted by Crippen LogP contribution is 2.33. The topological polar surface area (TPSA) is 150 Å². The first kappa shape index (κ1) is 23.7. The fraction of sp³-hybridized carbons (Fsp3) is 0.154. The van der Waals surface area contributed by atoms with E-state index in [9.17, 15) is 25.0 Å². The number of hydrazone groups is 1. The van der Waals surface area contributed by atoms with E-state index in [-0.39, 0.29) is 11.4 Å². The minimum atomic E-state index is -0.716. The van der Waals surface area contributed by atoms with Gasteiger partial charge in [0.2, 0.25) is 5.76 Å². The van der Waals surface area contributed by atoms with E-state index in [0.717, 1.165) is 22.9 Å². The molecule has 0 aliphatic heterocycles. The maximum atomic E-state index is 13.0. The van der Waals surface area contributed by atoms with Gasteiger partial charge < -0.3 is 9.15 Å². The highest BCUT2D eigenvalue weighted by atomic mass is 16.6. The molecule has 186 valence electrons. The van der Waals surface area contributed by atoms with Gasteiger partial charge in [0.15, 0.2) is 0 Å². The number of furan rings is 1. The number of fused-ring (bicyclic) bond motifs is 2. The number of non-ortho nitro benzene ring substituents is 1.